The fourth-order valence-electron chi connectivity index (χ4n) is 1.94. The third kappa shape index (κ3) is 4.24. The van der Waals surface area contributed by atoms with E-state index < -0.39 is 0 Å². The van der Waals surface area contributed by atoms with Gasteiger partial charge in [0.05, 0.1) is 13.2 Å². The van der Waals surface area contributed by atoms with E-state index in [1.54, 1.807) is 12.0 Å². The molecule has 0 aromatic heterocycles. The van der Waals surface area contributed by atoms with Crippen LogP contribution in [-0.4, -0.2) is 37.6 Å². The minimum absolute atomic E-state index is 0.0966. The molecule has 1 N–H and O–H groups in total. The van der Waals surface area contributed by atoms with Gasteiger partial charge in [-0.1, -0.05) is 12.1 Å². The van der Waals surface area contributed by atoms with Crippen LogP contribution in [0.3, 0.4) is 0 Å². The van der Waals surface area contributed by atoms with Crippen LogP contribution < -0.4 is 10.1 Å². The molecule has 1 aromatic rings. The SMILES string of the molecule is CCN(C)C(=O)C(C)NC(C)c1cccc(OC)c1. The maximum Gasteiger partial charge on any atom is 0.239 e. The molecule has 2 atom stereocenters. The summed E-state index contributed by atoms with van der Waals surface area (Å²) in [5.74, 6) is 0.938. The molecule has 0 saturated heterocycles. The number of nitrogens with one attached hydrogen (secondary N) is 1. The van der Waals surface area contributed by atoms with Crippen LogP contribution in [-0.2, 0) is 4.79 Å². The van der Waals surface area contributed by atoms with Gasteiger partial charge in [0.25, 0.3) is 0 Å². The molecular formula is C15H24N2O2. The number of carbonyl (C=O) groups excluding carboxylic acids is 1. The lowest BCUT2D eigenvalue weighted by molar-refractivity contribution is -0.131. The van der Waals surface area contributed by atoms with Crippen molar-refractivity contribution in [3.05, 3.63) is 29.8 Å². The highest BCUT2D eigenvalue weighted by Crippen LogP contribution is 2.19. The number of rotatable bonds is 6. The molecule has 0 spiro atoms. The quantitative estimate of drug-likeness (QED) is 0.856. The van der Waals surface area contributed by atoms with Gasteiger partial charge in [-0.25, -0.2) is 0 Å². The van der Waals surface area contributed by atoms with Crippen LogP contribution in [0.25, 0.3) is 0 Å². The second-order valence-corrected chi connectivity index (χ2v) is 4.74. The van der Waals surface area contributed by atoms with E-state index in [-0.39, 0.29) is 18.0 Å². The normalized spacial score (nSPS) is 13.7. The Morgan fingerprint density at radius 2 is 2.11 bits per heavy atom. The molecule has 0 bridgehead atoms. The van der Waals surface area contributed by atoms with Gasteiger partial charge in [-0.3, -0.25) is 10.1 Å². The minimum Gasteiger partial charge on any atom is -0.497 e. The second-order valence-electron chi connectivity index (χ2n) is 4.74. The number of hydrogen-bond donors (Lipinski definition) is 1. The fraction of sp³-hybridized carbons (Fsp3) is 0.533. The van der Waals surface area contributed by atoms with Crippen molar-refractivity contribution in [2.75, 3.05) is 20.7 Å². The molecule has 19 heavy (non-hydrogen) atoms. The van der Waals surface area contributed by atoms with E-state index in [1.807, 2.05) is 52.1 Å². The summed E-state index contributed by atoms with van der Waals surface area (Å²) in [5.41, 5.74) is 1.11. The van der Waals surface area contributed by atoms with Gasteiger partial charge in [0.1, 0.15) is 5.75 Å². The third-order valence-corrected chi connectivity index (χ3v) is 3.31. The van der Waals surface area contributed by atoms with E-state index in [0.717, 1.165) is 17.9 Å². The Kier molecular flexibility index (Phi) is 5.83. The van der Waals surface area contributed by atoms with Gasteiger partial charge in [0, 0.05) is 19.6 Å². The lowest BCUT2D eigenvalue weighted by Gasteiger charge is -2.24. The number of nitrogens with zero attached hydrogens (tertiary/aromatic N) is 1. The molecule has 0 aliphatic heterocycles. The van der Waals surface area contributed by atoms with E-state index in [9.17, 15) is 4.79 Å². The zero-order valence-electron chi connectivity index (χ0n) is 12.4. The Balaban J connectivity index is 2.68. The van der Waals surface area contributed by atoms with Crippen LogP contribution in [0.5, 0.6) is 5.75 Å². The van der Waals surface area contributed by atoms with E-state index in [4.69, 9.17) is 4.74 Å². The van der Waals surface area contributed by atoms with Crippen molar-refractivity contribution in [2.45, 2.75) is 32.9 Å². The van der Waals surface area contributed by atoms with Crippen molar-refractivity contribution in [3.8, 4) is 5.75 Å². The van der Waals surface area contributed by atoms with Crippen LogP contribution in [0, 0.1) is 0 Å². The highest BCUT2D eigenvalue weighted by atomic mass is 16.5. The molecule has 0 aliphatic carbocycles. The van der Waals surface area contributed by atoms with Gasteiger partial charge in [-0.2, -0.15) is 0 Å². The number of ether oxygens (including phenoxy) is 1. The Labute approximate surface area is 115 Å². The van der Waals surface area contributed by atoms with Crippen LogP contribution in [0.2, 0.25) is 0 Å². The van der Waals surface area contributed by atoms with Crippen LogP contribution in [0.1, 0.15) is 32.4 Å². The molecule has 0 heterocycles. The zero-order chi connectivity index (χ0) is 14.4. The molecule has 1 amide bonds. The van der Waals surface area contributed by atoms with Crippen molar-refractivity contribution in [1.29, 1.82) is 0 Å². The van der Waals surface area contributed by atoms with E-state index in [1.165, 1.54) is 0 Å². The Hall–Kier alpha value is -1.55. The largest absolute Gasteiger partial charge is 0.497 e. The first kappa shape index (κ1) is 15.5. The van der Waals surface area contributed by atoms with Gasteiger partial charge in [-0.15, -0.1) is 0 Å². The Morgan fingerprint density at radius 1 is 1.42 bits per heavy atom. The molecule has 0 fully saturated rings. The van der Waals surface area contributed by atoms with Crippen molar-refractivity contribution in [2.24, 2.45) is 0 Å². The number of hydrogen-bond acceptors (Lipinski definition) is 3. The lowest BCUT2D eigenvalue weighted by Crippen LogP contribution is -2.43. The van der Waals surface area contributed by atoms with Crippen molar-refractivity contribution in [3.63, 3.8) is 0 Å². The van der Waals surface area contributed by atoms with E-state index >= 15 is 0 Å². The fourth-order valence-corrected chi connectivity index (χ4v) is 1.94. The standard InChI is InChI=1S/C15H24N2O2/c1-6-17(4)15(18)12(3)16-11(2)13-8-7-9-14(10-13)19-5/h7-12,16H,6H2,1-5H3. The molecular weight excluding hydrogens is 240 g/mol. The second kappa shape index (κ2) is 7.14. The molecule has 1 aromatic carbocycles. The predicted molar refractivity (Wildman–Crippen MR) is 77.3 cm³/mol. The summed E-state index contributed by atoms with van der Waals surface area (Å²) in [6, 6.07) is 7.77. The first-order valence-corrected chi connectivity index (χ1v) is 6.64. The highest BCUT2D eigenvalue weighted by Gasteiger charge is 2.18. The van der Waals surface area contributed by atoms with Crippen molar-refractivity contribution < 1.29 is 9.53 Å². The molecule has 0 saturated carbocycles. The smallest absolute Gasteiger partial charge is 0.239 e. The third-order valence-electron chi connectivity index (χ3n) is 3.31. The molecule has 106 valence electrons. The van der Waals surface area contributed by atoms with Crippen molar-refractivity contribution >= 4 is 5.91 Å². The minimum atomic E-state index is -0.203. The predicted octanol–water partition coefficient (Wildman–Crippen LogP) is 2.21. The number of likely N-dealkylation sites (N-methyl/N-ethyl adjacent to an activating group) is 1. The summed E-state index contributed by atoms with van der Waals surface area (Å²) in [6.07, 6.45) is 0. The molecule has 0 aliphatic rings. The summed E-state index contributed by atoms with van der Waals surface area (Å²) < 4.78 is 5.21. The number of methoxy groups -OCH3 is 1. The lowest BCUT2D eigenvalue weighted by atomic mass is 10.1. The van der Waals surface area contributed by atoms with Gasteiger partial charge >= 0.3 is 0 Å². The average Bonchev–Trinajstić information content (AvgIpc) is 2.45. The summed E-state index contributed by atoms with van der Waals surface area (Å²) in [4.78, 5) is 13.7. The Bertz CT molecular complexity index is 420. The molecule has 1 rings (SSSR count). The van der Waals surface area contributed by atoms with Crippen LogP contribution in [0.15, 0.2) is 24.3 Å². The average molecular weight is 264 g/mol. The van der Waals surface area contributed by atoms with Gasteiger partial charge in [0.2, 0.25) is 5.91 Å². The Morgan fingerprint density at radius 3 is 2.68 bits per heavy atom. The van der Waals surface area contributed by atoms with Gasteiger partial charge in [0.15, 0.2) is 0 Å². The summed E-state index contributed by atoms with van der Waals surface area (Å²) in [7, 11) is 3.47. The summed E-state index contributed by atoms with van der Waals surface area (Å²) in [5, 5.41) is 3.32. The number of carbonyl (C=O) groups is 1. The summed E-state index contributed by atoms with van der Waals surface area (Å²) in [6.45, 7) is 6.63. The first-order chi connectivity index (χ1) is 8.99. The number of benzene rings is 1. The van der Waals surface area contributed by atoms with E-state index in [0.29, 0.717) is 0 Å². The molecule has 4 heteroatoms. The first-order valence-electron chi connectivity index (χ1n) is 6.64. The van der Waals surface area contributed by atoms with Gasteiger partial charge in [-0.05, 0) is 38.5 Å². The zero-order valence-corrected chi connectivity index (χ0v) is 12.4. The molecule has 0 radical (unpaired) electrons. The number of amides is 1. The highest BCUT2D eigenvalue weighted by molar-refractivity contribution is 5.81. The monoisotopic (exact) mass is 264 g/mol. The van der Waals surface area contributed by atoms with E-state index in [2.05, 4.69) is 5.32 Å². The van der Waals surface area contributed by atoms with Crippen LogP contribution >= 0.6 is 0 Å². The van der Waals surface area contributed by atoms with Crippen LogP contribution in [0.4, 0.5) is 0 Å². The van der Waals surface area contributed by atoms with Gasteiger partial charge < -0.3 is 9.64 Å². The maximum absolute atomic E-state index is 12.0. The maximum atomic E-state index is 12.0. The topological polar surface area (TPSA) is 41.6 Å². The molecule has 4 nitrogen and oxygen atoms in total. The molecule has 2 unspecified atom stereocenters. The summed E-state index contributed by atoms with van der Waals surface area (Å²) >= 11 is 0. The van der Waals surface area contributed by atoms with Crippen molar-refractivity contribution in [1.82, 2.24) is 10.2 Å².